The zero-order valence-electron chi connectivity index (χ0n) is 16.0. The lowest BCUT2D eigenvalue weighted by atomic mass is 10.1. The lowest BCUT2D eigenvalue weighted by Gasteiger charge is -2.10. The van der Waals surface area contributed by atoms with Crippen molar-refractivity contribution < 1.29 is 14.5 Å². The molecule has 3 rings (SSSR count). The molecule has 1 N–H and O–H groups in total. The van der Waals surface area contributed by atoms with Crippen LogP contribution in [0.4, 0.5) is 11.4 Å². The highest BCUT2D eigenvalue weighted by Gasteiger charge is 2.19. The van der Waals surface area contributed by atoms with Crippen LogP contribution in [0, 0.1) is 30.9 Å². The smallest absolute Gasteiger partial charge is 0.275 e. The first kappa shape index (κ1) is 19.1. The van der Waals surface area contributed by atoms with E-state index >= 15 is 0 Å². The Bertz CT molecular complexity index is 1050. The molecule has 144 valence electrons. The van der Waals surface area contributed by atoms with Gasteiger partial charge in [0.15, 0.2) is 0 Å². The lowest BCUT2D eigenvalue weighted by Crippen LogP contribution is -2.14. The van der Waals surface area contributed by atoms with Crippen molar-refractivity contribution >= 4 is 17.3 Å². The SMILES string of the molecule is Cc1ccc(Oc2cc(NC(=O)c3c(C)nn(C)c3C)cc([N+](=O)[O-])c2)cc1. The summed E-state index contributed by atoms with van der Waals surface area (Å²) in [6, 6.07) is 11.5. The van der Waals surface area contributed by atoms with E-state index < -0.39 is 4.92 Å². The summed E-state index contributed by atoms with van der Waals surface area (Å²) < 4.78 is 7.35. The number of nitrogens with one attached hydrogen (secondary N) is 1. The predicted molar refractivity (Wildman–Crippen MR) is 105 cm³/mol. The second kappa shape index (κ2) is 7.51. The number of benzene rings is 2. The number of non-ortho nitro benzene ring substituents is 1. The first-order valence-corrected chi connectivity index (χ1v) is 8.60. The second-order valence-corrected chi connectivity index (χ2v) is 6.51. The van der Waals surface area contributed by atoms with Crippen LogP contribution < -0.4 is 10.1 Å². The number of anilines is 1. The molecule has 0 aliphatic rings. The third-order valence-electron chi connectivity index (χ3n) is 4.35. The third-order valence-corrected chi connectivity index (χ3v) is 4.35. The van der Waals surface area contributed by atoms with E-state index in [1.54, 1.807) is 43.8 Å². The summed E-state index contributed by atoms with van der Waals surface area (Å²) in [6.07, 6.45) is 0. The van der Waals surface area contributed by atoms with Gasteiger partial charge >= 0.3 is 0 Å². The topological polar surface area (TPSA) is 99.3 Å². The summed E-state index contributed by atoms with van der Waals surface area (Å²) in [7, 11) is 1.75. The van der Waals surface area contributed by atoms with Gasteiger partial charge < -0.3 is 10.1 Å². The zero-order valence-corrected chi connectivity index (χ0v) is 16.0. The number of carbonyl (C=O) groups excluding carboxylic acids is 1. The van der Waals surface area contributed by atoms with E-state index in [-0.39, 0.29) is 23.0 Å². The van der Waals surface area contributed by atoms with Gasteiger partial charge in [-0.15, -0.1) is 0 Å². The molecule has 8 heteroatoms. The van der Waals surface area contributed by atoms with Crippen LogP contribution in [0.25, 0.3) is 0 Å². The molecule has 0 radical (unpaired) electrons. The Balaban J connectivity index is 1.91. The molecule has 0 atom stereocenters. The zero-order chi connectivity index (χ0) is 20.4. The number of nitrogens with zero attached hydrogens (tertiary/aromatic N) is 3. The number of aromatic nitrogens is 2. The van der Waals surface area contributed by atoms with Crippen molar-refractivity contribution in [2.24, 2.45) is 7.05 Å². The Morgan fingerprint density at radius 2 is 1.79 bits per heavy atom. The second-order valence-electron chi connectivity index (χ2n) is 6.51. The number of amides is 1. The number of nitro benzene ring substituents is 1. The molecule has 1 amide bonds. The fourth-order valence-electron chi connectivity index (χ4n) is 2.86. The van der Waals surface area contributed by atoms with Crippen molar-refractivity contribution in [3.63, 3.8) is 0 Å². The van der Waals surface area contributed by atoms with E-state index in [0.29, 0.717) is 22.7 Å². The Morgan fingerprint density at radius 3 is 2.36 bits per heavy atom. The standard InChI is InChI=1S/C20H20N4O4/c1-12-5-7-17(8-6-12)28-18-10-15(9-16(11-18)24(26)27)21-20(25)19-13(2)22-23(4)14(19)3/h5-11H,1-4H3,(H,21,25). The van der Waals surface area contributed by atoms with Crippen molar-refractivity contribution in [1.82, 2.24) is 9.78 Å². The maximum Gasteiger partial charge on any atom is 0.275 e. The maximum absolute atomic E-state index is 12.7. The number of rotatable bonds is 5. The van der Waals surface area contributed by atoms with Crippen molar-refractivity contribution in [2.75, 3.05) is 5.32 Å². The van der Waals surface area contributed by atoms with E-state index in [9.17, 15) is 14.9 Å². The lowest BCUT2D eigenvalue weighted by molar-refractivity contribution is -0.384. The summed E-state index contributed by atoms with van der Waals surface area (Å²) in [5.74, 6) is 0.417. The number of carbonyl (C=O) groups is 1. The minimum Gasteiger partial charge on any atom is -0.457 e. The number of ether oxygens (including phenoxy) is 1. The molecule has 28 heavy (non-hydrogen) atoms. The number of nitro groups is 1. The van der Waals surface area contributed by atoms with Crippen LogP contribution in [-0.2, 0) is 7.05 Å². The minimum atomic E-state index is -0.530. The van der Waals surface area contributed by atoms with E-state index in [0.717, 1.165) is 5.56 Å². The van der Waals surface area contributed by atoms with Gasteiger partial charge in [0.05, 0.1) is 27.9 Å². The van der Waals surface area contributed by atoms with Crippen LogP contribution >= 0.6 is 0 Å². The molecule has 0 fully saturated rings. The minimum absolute atomic E-state index is 0.181. The molecule has 2 aromatic carbocycles. The average Bonchev–Trinajstić information content (AvgIpc) is 2.88. The van der Waals surface area contributed by atoms with Gasteiger partial charge in [-0.25, -0.2) is 0 Å². The average molecular weight is 380 g/mol. The number of hydrogen-bond acceptors (Lipinski definition) is 5. The van der Waals surface area contributed by atoms with Gasteiger partial charge in [0, 0.05) is 24.9 Å². The van der Waals surface area contributed by atoms with Crippen molar-refractivity contribution in [2.45, 2.75) is 20.8 Å². The fraction of sp³-hybridized carbons (Fsp3) is 0.200. The van der Waals surface area contributed by atoms with Crippen molar-refractivity contribution in [3.8, 4) is 11.5 Å². The molecular formula is C20H20N4O4. The summed E-state index contributed by atoms with van der Waals surface area (Å²) in [5, 5.41) is 18.2. The largest absolute Gasteiger partial charge is 0.457 e. The van der Waals surface area contributed by atoms with Gasteiger partial charge in [0.25, 0.3) is 11.6 Å². The third kappa shape index (κ3) is 4.01. The van der Waals surface area contributed by atoms with Gasteiger partial charge in [-0.3, -0.25) is 19.6 Å². The Labute approximate surface area is 161 Å². The monoisotopic (exact) mass is 380 g/mol. The quantitative estimate of drug-likeness (QED) is 0.525. The Kier molecular flexibility index (Phi) is 5.12. The van der Waals surface area contributed by atoms with E-state index in [1.165, 1.54) is 12.1 Å². The van der Waals surface area contributed by atoms with Gasteiger partial charge in [-0.1, -0.05) is 17.7 Å². The molecule has 0 unspecified atom stereocenters. The van der Waals surface area contributed by atoms with Crippen LogP contribution in [0.1, 0.15) is 27.3 Å². The molecule has 0 saturated heterocycles. The first-order chi connectivity index (χ1) is 13.2. The molecule has 0 aliphatic carbocycles. The highest BCUT2D eigenvalue weighted by Crippen LogP contribution is 2.30. The van der Waals surface area contributed by atoms with E-state index in [2.05, 4.69) is 10.4 Å². The first-order valence-electron chi connectivity index (χ1n) is 8.60. The van der Waals surface area contributed by atoms with Gasteiger partial charge in [-0.2, -0.15) is 5.10 Å². The van der Waals surface area contributed by atoms with Crippen LogP contribution in [0.3, 0.4) is 0 Å². The molecular weight excluding hydrogens is 360 g/mol. The van der Waals surface area contributed by atoms with E-state index in [1.807, 2.05) is 19.1 Å². The number of aryl methyl sites for hydroxylation is 3. The highest BCUT2D eigenvalue weighted by molar-refractivity contribution is 6.06. The van der Waals surface area contributed by atoms with Crippen LogP contribution in [-0.4, -0.2) is 20.6 Å². The summed E-state index contributed by atoms with van der Waals surface area (Å²) in [6.45, 7) is 5.47. The van der Waals surface area contributed by atoms with Gasteiger partial charge in [0.1, 0.15) is 11.5 Å². The van der Waals surface area contributed by atoms with E-state index in [4.69, 9.17) is 4.74 Å². The molecule has 0 saturated carbocycles. The maximum atomic E-state index is 12.7. The highest BCUT2D eigenvalue weighted by atomic mass is 16.6. The fourth-order valence-corrected chi connectivity index (χ4v) is 2.86. The van der Waals surface area contributed by atoms with Crippen molar-refractivity contribution in [1.29, 1.82) is 0 Å². The molecule has 3 aromatic rings. The molecule has 8 nitrogen and oxygen atoms in total. The summed E-state index contributed by atoms with van der Waals surface area (Å²) in [4.78, 5) is 23.4. The molecule has 0 aliphatic heterocycles. The normalized spacial score (nSPS) is 10.6. The van der Waals surface area contributed by atoms with Gasteiger partial charge in [0.2, 0.25) is 0 Å². The molecule has 1 aromatic heterocycles. The summed E-state index contributed by atoms with van der Waals surface area (Å²) in [5.41, 5.74) is 2.88. The van der Waals surface area contributed by atoms with Crippen LogP contribution in [0.5, 0.6) is 11.5 Å². The van der Waals surface area contributed by atoms with Crippen molar-refractivity contribution in [3.05, 3.63) is 75.1 Å². The van der Waals surface area contributed by atoms with Crippen LogP contribution in [0.15, 0.2) is 42.5 Å². The summed E-state index contributed by atoms with van der Waals surface area (Å²) >= 11 is 0. The number of hydrogen-bond donors (Lipinski definition) is 1. The predicted octanol–water partition coefficient (Wildman–Crippen LogP) is 4.30. The molecule has 0 bridgehead atoms. The Hall–Kier alpha value is -3.68. The molecule has 1 heterocycles. The molecule has 0 spiro atoms. The Morgan fingerprint density at radius 1 is 1.11 bits per heavy atom. The van der Waals surface area contributed by atoms with Gasteiger partial charge in [-0.05, 0) is 32.9 Å². The van der Waals surface area contributed by atoms with Crippen LogP contribution in [0.2, 0.25) is 0 Å².